The van der Waals surface area contributed by atoms with E-state index >= 15 is 0 Å². The molecule has 0 fully saturated rings. The number of thiazole rings is 1. The van der Waals surface area contributed by atoms with E-state index in [1.165, 1.54) is 4.70 Å². The maximum atomic E-state index is 13.8. The fourth-order valence-corrected chi connectivity index (χ4v) is 8.70. The Morgan fingerprint density at radius 3 is 2.79 bits per heavy atom. The van der Waals surface area contributed by atoms with E-state index in [2.05, 4.69) is 37.4 Å². The summed E-state index contributed by atoms with van der Waals surface area (Å²) in [4.78, 5) is 21.3. The largest absolute Gasteiger partial charge is 0.384 e. The summed E-state index contributed by atoms with van der Waals surface area (Å²) in [6, 6.07) is 20.0. The zero-order chi connectivity index (χ0) is 27.3. The van der Waals surface area contributed by atoms with Crippen LogP contribution >= 0.6 is 46.0 Å². The molecular formula is C30H25ClN4OS3. The van der Waals surface area contributed by atoms with Crippen molar-refractivity contribution in [3.05, 3.63) is 98.1 Å². The minimum atomic E-state index is -0.477. The first-order chi connectivity index (χ1) is 18.7. The number of nitrogens with two attached hydrogens (primary N) is 1. The number of halogens is 1. The molecule has 5 nitrogen and oxygen atoms in total. The van der Waals surface area contributed by atoms with E-state index in [1.54, 1.807) is 40.5 Å². The lowest BCUT2D eigenvalue weighted by Gasteiger charge is -2.43. The van der Waals surface area contributed by atoms with Crippen LogP contribution in [0.5, 0.6) is 0 Å². The lowest BCUT2D eigenvalue weighted by atomic mass is 9.69. The van der Waals surface area contributed by atoms with Crippen LogP contribution < -0.4 is 10.6 Å². The fraction of sp³-hybridized carbons (Fsp3) is 0.233. The molecule has 2 aromatic carbocycles. The molecule has 9 heteroatoms. The van der Waals surface area contributed by atoms with Gasteiger partial charge in [-0.1, -0.05) is 55.4 Å². The van der Waals surface area contributed by atoms with Gasteiger partial charge in [-0.25, -0.2) is 4.98 Å². The van der Waals surface area contributed by atoms with Crippen LogP contribution in [0.4, 0.5) is 5.69 Å². The Labute approximate surface area is 244 Å². The summed E-state index contributed by atoms with van der Waals surface area (Å²) in [6.07, 6.45) is 1.10. The fourth-order valence-electron chi connectivity index (χ4n) is 5.38. The molecule has 0 amide bonds. The van der Waals surface area contributed by atoms with Gasteiger partial charge in [0.25, 0.3) is 0 Å². The predicted molar refractivity (Wildman–Crippen MR) is 162 cm³/mol. The Bertz CT molecular complexity index is 1690. The number of thioether (sulfide) groups is 1. The molecule has 0 spiro atoms. The minimum absolute atomic E-state index is 0.0670. The SMILES string of the molecule is CC1(C)CC(=O)C2=C(C1)N(c1cccc(Cl)c1)C(N)=C(C#N)C2c1cc(CSc2nc3ccccc3s2)cs1. The number of para-hydroxylation sites is 1. The van der Waals surface area contributed by atoms with Crippen LogP contribution in [0.1, 0.15) is 43.0 Å². The predicted octanol–water partition coefficient (Wildman–Crippen LogP) is 8.24. The van der Waals surface area contributed by atoms with Gasteiger partial charge in [0.1, 0.15) is 5.82 Å². The van der Waals surface area contributed by atoms with Crippen molar-refractivity contribution in [3.63, 3.8) is 0 Å². The maximum absolute atomic E-state index is 13.8. The number of allylic oxidation sites excluding steroid dienone is 3. The molecule has 1 aliphatic heterocycles. The molecule has 3 heterocycles. The first kappa shape index (κ1) is 26.1. The van der Waals surface area contributed by atoms with E-state index in [1.807, 2.05) is 41.3 Å². The summed E-state index contributed by atoms with van der Waals surface area (Å²) in [5.41, 5.74) is 11.4. The van der Waals surface area contributed by atoms with Gasteiger partial charge in [-0.2, -0.15) is 5.26 Å². The number of fused-ring (bicyclic) bond motifs is 1. The number of carbonyl (C=O) groups excluding carboxylic acids is 1. The molecule has 2 N–H and O–H groups in total. The highest BCUT2D eigenvalue weighted by Crippen LogP contribution is 2.51. The quantitative estimate of drug-likeness (QED) is 0.236. The van der Waals surface area contributed by atoms with Crippen LogP contribution in [0, 0.1) is 16.7 Å². The molecule has 0 radical (unpaired) electrons. The van der Waals surface area contributed by atoms with E-state index in [-0.39, 0.29) is 11.2 Å². The van der Waals surface area contributed by atoms with Crippen molar-refractivity contribution in [2.75, 3.05) is 4.90 Å². The van der Waals surface area contributed by atoms with Crippen molar-refractivity contribution in [3.8, 4) is 6.07 Å². The topological polar surface area (TPSA) is 83.0 Å². The van der Waals surface area contributed by atoms with Gasteiger partial charge in [-0.15, -0.1) is 22.7 Å². The standard InChI is InChI=1S/C30H25ClN4OS3/c1-30(2)12-22-27(23(36)13-30)26(20(14-32)28(33)35(22)19-7-5-6-18(31)11-19)25-10-17(15-37-25)16-38-29-34-21-8-3-4-9-24(21)39-29/h3-11,15,26H,12-13,16,33H2,1-2H3. The molecular weight excluding hydrogens is 564 g/mol. The number of benzene rings is 2. The summed E-state index contributed by atoms with van der Waals surface area (Å²) in [7, 11) is 0. The Morgan fingerprint density at radius 2 is 2.03 bits per heavy atom. The number of hydrogen-bond acceptors (Lipinski definition) is 8. The number of carbonyl (C=O) groups is 1. The van der Waals surface area contributed by atoms with Crippen LogP contribution in [-0.2, 0) is 10.5 Å². The maximum Gasteiger partial charge on any atom is 0.162 e. The molecule has 196 valence electrons. The smallest absolute Gasteiger partial charge is 0.162 e. The van der Waals surface area contributed by atoms with Gasteiger partial charge in [-0.3, -0.25) is 9.69 Å². The molecule has 0 saturated heterocycles. The number of nitriles is 1. The third kappa shape index (κ3) is 4.89. The van der Waals surface area contributed by atoms with E-state index in [0.29, 0.717) is 34.8 Å². The van der Waals surface area contributed by atoms with Gasteiger partial charge < -0.3 is 5.73 Å². The number of anilines is 1. The molecule has 1 atom stereocenters. The third-order valence-corrected chi connectivity index (χ3v) is 10.6. The van der Waals surface area contributed by atoms with E-state index in [0.717, 1.165) is 37.4 Å². The normalized spacial score (nSPS) is 19.0. The second-order valence-corrected chi connectivity index (χ2v) is 14.2. The highest BCUT2D eigenvalue weighted by atomic mass is 35.5. The first-order valence-corrected chi connectivity index (χ1v) is 15.6. The Morgan fingerprint density at radius 1 is 1.21 bits per heavy atom. The van der Waals surface area contributed by atoms with E-state index in [4.69, 9.17) is 22.3 Å². The van der Waals surface area contributed by atoms with Gasteiger partial charge >= 0.3 is 0 Å². The molecule has 4 aromatic rings. The number of aromatic nitrogens is 1. The second-order valence-electron chi connectivity index (χ2n) is 10.6. The van der Waals surface area contributed by atoms with Crippen LogP contribution in [0.3, 0.4) is 0 Å². The average Bonchev–Trinajstić information content (AvgIpc) is 3.53. The molecule has 0 bridgehead atoms. The van der Waals surface area contributed by atoms with Crippen LogP contribution in [0.25, 0.3) is 10.2 Å². The Balaban J connectivity index is 1.38. The third-order valence-electron chi connectivity index (χ3n) is 7.04. The zero-order valence-electron chi connectivity index (χ0n) is 21.4. The summed E-state index contributed by atoms with van der Waals surface area (Å²) < 4.78 is 2.20. The summed E-state index contributed by atoms with van der Waals surface area (Å²) in [5, 5.41) is 13.0. The number of thiophene rings is 1. The monoisotopic (exact) mass is 588 g/mol. The van der Waals surface area contributed by atoms with Crippen molar-refractivity contribution < 1.29 is 4.79 Å². The van der Waals surface area contributed by atoms with Gasteiger partial charge in [0.2, 0.25) is 0 Å². The lowest BCUT2D eigenvalue weighted by Crippen LogP contribution is -2.42. The number of rotatable bonds is 5. The first-order valence-electron chi connectivity index (χ1n) is 12.5. The lowest BCUT2D eigenvalue weighted by molar-refractivity contribution is -0.118. The molecule has 1 aliphatic carbocycles. The molecule has 1 unspecified atom stereocenters. The van der Waals surface area contributed by atoms with Crippen molar-refractivity contribution in [1.29, 1.82) is 5.26 Å². The van der Waals surface area contributed by atoms with Crippen molar-refractivity contribution >= 4 is 67.7 Å². The van der Waals surface area contributed by atoms with Gasteiger partial charge in [-0.05, 0) is 59.2 Å². The van der Waals surface area contributed by atoms with Crippen LogP contribution in [-0.4, -0.2) is 10.8 Å². The summed E-state index contributed by atoms with van der Waals surface area (Å²) >= 11 is 11.3. The molecule has 2 aliphatic rings. The van der Waals surface area contributed by atoms with Gasteiger partial charge in [0.05, 0.1) is 27.8 Å². The van der Waals surface area contributed by atoms with Crippen molar-refractivity contribution in [1.82, 2.24) is 4.98 Å². The number of Topliss-reactive ketones (excluding diaryl/α,β-unsaturated/α-hetero) is 1. The number of hydrogen-bond donors (Lipinski definition) is 1. The highest BCUT2D eigenvalue weighted by Gasteiger charge is 2.45. The summed E-state index contributed by atoms with van der Waals surface area (Å²) in [6.45, 7) is 4.20. The van der Waals surface area contributed by atoms with Crippen molar-refractivity contribution in [2.45, 2.75) is 42.7 Å². The highest BCUT2D eigenvalue weighted by molar-refractivity contribution is 8.00. The number of nitrogens with zero attached hydrogens (tertiary/aromatic N) is 3. The molecule has 0 saturated carbocycles. The zero-order valence-corrected chi connectivity index (χ0v) is 24.6. The molecule has 6 rings (SSSR count). The Kier molecular flexibility index (Phi) is 6.80. The molecule has 39 heavy (non-hydrogen) atoms. The number of ketones is 1. The van der Waals surface area contributed by atoms with Crippen molar-refractivity contribution in [2.24, 2.45) is 11.1 Å². The summed E-state index contributed by atoms with van der Waals surface area (Å²) in [5.74, 6) is 0.700. The van der Waals surface area contributed by atoms with E-state index < -0.39 is 5.92 Å². The van der Waals surface area contributed by atoms with E-state index in [9.17, 15) is 10.1 Å². The molecule has 2 aromatic heterocycles. The average molecular weight is 589 g/mol. The second kappa shape index (κ2) is 10.1. The van der Waals surface area contributed by atoms with Crippen LogP contribution in [0.2, 0.25) is 5.02 Å². The minimum Gasteiger partial charge on any atom is -0.384 e. The Hall–Kier alpha value is -3.09. The van der Waals surface area contributed by atoms with Gasteiger partial charge in [0.15, 0.2) is 10.1 Å². The van der Waals surface area contributed by atoms with Crippen LogP contribution in [0.15, 0.2) is 87.0 Å². The van der Waals surface area contributed by atoms with Gasteiger partial charge in [0, 0.05) is 39.0 Å².